The van der Waals surface area contributed by atoms with E-state index >= 15 is 0 Å². The summed E-state index contributed by atoms with van der Waals surface area (Å²) in [5.74, 6) is -0.947. The first kappa shape index (κ1) is 14.3. The zero-order valence-electron chi connectivity index (χ0n) is 11.1. The molecule has 2 heterocycles. The van der Waals surface area contributed by atoms with Gasteiger partial charge in [0.1, 0.15) is 0 Å². The highest BCUT2D eigenvalue weighted by Gasteiger charge is 2.32. The van der Waals surface area contributed by atoms with Crippen LogP contribution in [0.15, 0.2) is 0 Å². The molecule has 2 unspecified atom stereocenters. The zero-order valence-corrected chi connectivity index (χ0v) is 11.1. The van der Waals surface area contributed by atoms with Gasteiger partial charge in [-0.05, 0) is 25.8 Å². The minimum Gasteiger partial charge on any atom is -0.481 e. The summed E-state index contributed by atoms with van der Waals surface area (Å²) in [5.41, 5.74) is 0. The highest BCUT2D eigenvalue weighted by Crippen LogP contribution is 2.22. The quantitative estimate of drug-likeness (QED) is 0.722. The lowest BCUT2D eigenvalue weighted by atomic mass is 10.2. The number of carboxylic acid groups (broad SMARTS) is 1. The number of nitrogens with zero attached hydrogens (tertiary/aromatic N) is 1. The first-order valence-corrected chi connectivity index (χ1v) is 6.99. The molecule has 1 amide bonds. The number of fused-ring (bicyclic) bond motifs is 1. The number of hydrogen-bond donors (Lipinski definition) is 2. The van der Waals surface area contributed by atoms with Crippen LogP contribution < -0.4 is 5.32 Å². The summed E-state index contributed by atoms with van der Waals surface area (Å²) in [7, 11) is 0. The predicted octanol–water partition coefficient (Wildman–Crippen LogP) is 0.221. The molecule has 2 aliphatic rings. The number of amides is 1. The molecule has 19 heavy (non-hydrogen) atoms. The highest BCUT2D eigenvalue weighted by atomic mass is 16.5. The summed E-state index contributed by atoms with van der Waals surface area (Å²) in [6.45, 7) is 3.31. The molecule has 6 nitrogen and oxygen atoms in total. The number of hydrogen-bond acceptors (Lipinski definition) is 4. The third kappa shape index (κ3) is 4.47. The van der Waals surface area contributed by atoms with E-state index in [0.29, 0.717) is 19.0 Å². The van der Waals surface area contributed by atoms with E-state index in [1.807, 2.05) is 0 Å². The second-order valence-corrected chi connectivity index (χ2v) is 5.30. The number of aliphatic carboxylic acids is 1. The van der Waals surface area contributed by atoms with Crippen LogP contribution >= 0.6 is 0 Å². The van der Waals surface area contributed by atoms with E-state index in [-0.39, 0.29) is 24.9 Å². The molecule has 0 spiro atoms. The minimum absolute atomic E-state index is 0.0445. The minimum atomic E-state index is -0.858. The lowest BCUT2D eigenvalue weighted by molar-refractivity contribution is -0.137. The first-order valence-electron chi connectivity index (χ1n) is 6.99. The van der Waals surface area contributed by atoms with Gasteiger partial charge in [-0.2, -0.15) is 0 Å². The van der Waals surface area contributed by atoms with Gasteiger partial charge in [0.05, 0.1) is 12.7 Å². The number of nitrogens with one attached hydrogen (secondary N) is 1. The van der Waals surface area contributed by atoms with Crippen LogP contribution in [-0.2, 0) is 14.3 Å². The Balaban J connectivity index is 1.60. The molecule has 0 bridgehead atoms. The molecule has 0 saturated carbocycles. The van der Waals surface area contributed by atoms with E-state index in [9.17, 15) is 9.59 Å². The van der Waals surface area contributed by atoms with E-state index in [0.717, 1.165) is 19.7 Å². The maximum Gasteiger partial charge on any atom is 0.303 e. The van der Waals surface area contributed by atoms with Crippen LogP contribution in [0.2, 0.25) is 0 Å². The van der Waals surface area contributed by atoms with Crippen LogP contribution in [-0.4, -0.2) is 60.3 Å². The van der Waals surface area contributed by atoms with Crippen molar-refractivity contribution in [3.63, 3.8) is 0 Å². The van der Waals surface area contributed by atoms with Gasteiger partial charge in [-0.25, -0.2) is 0 Å². The Hall–Kier alpha value is -1.14. The maximum atomic E-state index is 11.5. The molecule has 2 fully saturated rings. The average Bonchev–Trinajstić information content (AvgIpc) is 2.83. The Morgan fingerprint density at radius 2 is 2.21 bits per heavy atom. The standard InChI is InChI=1S/C13H22N2O4/c16-12(4-1-5-13(17)18)14-7-11-8-15-6-2-3-10(15)9-19-11/h10-11H,1-9H2,(H,14,16)(H,17,18). The van der Waals surface area contributed by atoms with Crippen molar-refractivity contribution >= 4 is 11.9 Å². The largest absolute Gasteiger partial charge is 0.481 e. The Kier molecular flexibility index (Phi) is 5.15. The molecule has 0 aromatic heterocycles. The monoisotopic (exact) mass is 270 g/mol. The van der Waals surface area contributed by atoms with Crippen LogP contribution in [0.25, 0.3) is 0 Å². The predicted molar refractivity (Wildman–Crippen MR) is 68.8 cm³/mol. The molecule has 2 aliphatic heterocycles. The molecule has 2 atom stereocenters. The zero-order chi connectivity index (χ0) is 13.7. The molecule has 2 rings (SSSR count). The topological polar surface area (TPSA) is 78.9 Å². The summed E-state index contributed by atoms with van der Waals surface area (Å²) in [4.78, 5) is 24.3. The van der Waals surface area contributed by atoms with Gasteiger partial charge in [-0.1, -0.05) is 0 Å². The van der Waals surface area contributed by atoms with Gasteiger partial charge in [0, 0.05) is 32.0 Å². The van der Waals surface area contributed by atoms with Crippen molar-refractivity contribution in [2.45, 2.75) is 44.2 Å². The molecule has 0 aromatic carbocycles. The number of carbonyl (C=O) groups is 2. The number of carbonyl (C=O) groups excluding carboxylic acids is 1. The maximum absolute atomic E-state index is 11.5. The highest BCUT2D eigenvalue weighted by molar-refractivity contribution is 5.76. The lowest BCUT2D eigenvalue weighted by Gasteiger charge is -2.35. The van der Waals surface area contributed by atoms with E-state index < -0.39 is 5.97 Å². The second-order valence-electron chi connectivity index (χ2n) is 5.30. The van der Waals surface area contributed by atoms with Crippen molar-refractivity contribution in [3.05, 3.63) is 0 Å². The Labute approximate surface area is 113 Å². The number of carboxylic acids is 1. The summed E-state index contributed by atoms with van der Waals surface area (Å²) >= 11 is 0. The van der Waals surface area contributed by atoms with E-state index in [2.05, 4.69) is 10.2 Å². The van der Waals surface area contributed by atoms with Crippen molar-refractivity contribution < 1.29 is 19.4 Å². The second kappa shape index (κ2) is 6.86. The van der Waals surface area contributed by atoms with Gasteiger partial charge in [0.15, 0.2) is 0 Å². The Morgan fingerprint density at radius 3 is 3.00 bits per heavy atom. The molecule has 0 aliphatic carbocycles. The normalized spacial score (nSPS) is 26.9. The Bertz CT molecular complexity index is 335. The van der Waals surface area contributed by atoms with E-state index in [1.54, 1.807) is 0 Å². The van der Waals surface area contributed by atoms with Gasteiger partial charge < -0.3 is 15.2 Å². The molecule has 6 heteroatoms. The SMILES string of the molecule is O=C(O)CCCC(=O)NCC1CN2CCCC2CO1. The third-order valence-corrected chi connectivity index (χ3v) is 3.78. The molecule has 0 radical (unpaired) electrons. The lowest BCUT2D eigenvalue weighted by Crippen LogP contribution is -2.50. The van der Waals surface area contributed by atoms with Crippen LogP contribution in [0, 0.1) is 0 Å². The summed E-state index contributed by atoms with van der Waals surface area (Å²) in [6.07, 6.45) is 3.23. The molecule has 0 aromatic rings. The van der Waals surface area contributed by atoms with Crippen molar-refractivity contribution in [1.82, 2.24) is 10.2 Å². The number of ether oxygens (including phenoxy) is 1. The van der Waals surface area contributed by atoms with Gasteiger partial charge in [-0.3, -0.25) is 14.5 Å². The van der Waals surface area contributed by atoms with Crippen molar-refractivity contribution in [2.24, 2.45) is 0 Å². The summed E-state index contributed by atoms with van der Waals surface area (Å²) in [5, 5.41) is 11.3. The molecular formula is C13H22N2O4. The van der Waals surface area contributed by atoms with Crippen LogP contribution in [0.3, 0.4) is 0 Å². The fraction of sp³-hybridized carbons (Fsp3) is 0.846. The van der Waals surface area contributed by atoms with Gasteiger partial charge in [-0.15, -0.1) is 0 Å². The van der Waals surface area contributed by atoms with Gasteiger partial charge in [0.25, 0.3) is 0 Å². The van der Waals surface area contributed by atoms with E-state index in [1.165, 1.54) is 12.8 Å². The molecule has 2 N–H and O–H groups in total. The smallest absolute Gasteiger partial charge is 0.303 e. The third-order valence-electron chi connectivity index (χ3n) is 3.78. The van der Waals surface area contributed by atoms with Crippen molar-refractivity contribution in [1.29, 1.82) is 0 Å². The van der Waals surface area contributed by atoms with Gasteiger partial charge >= 0.3 is 5.97 Å². The fourth-order valence-electron chi connectivity index (χ4n) is 2.73. The number of rotatable bonds is 6. The van der Waals surface area contributed by atoms with Crippen LogP contribution in [0.4, 0.5) is 0 Å². The van der Waals surface area contributed by atoms with Crippen molar-refractivity contribution in [3.8, 4) is 0 Å². The van der Waals surface area contributed by atoms with Crippen molar-refractivity contribution in [2.75, 3.05) is 26.2 Å². The summed E-state index contributed by atoms with van der Waals surface area (Å²) in [6, 6.07) is 0.572. The van der Waals surface area contributed by atoms with Gasteiger partial charge in [0.2, 0.25) is 5.91 Å². The molecule has 2 saturated heterocycles. The summed E-state index contributed by atoms with van der Waals surface area (Å²) < 4.78 is 5.73. The van der Waals surface area contributed by atoms with Crippen LogP contribution in [0.1, 0.15) is 32.1 Å². The number of morpholine rings is 1. The molecular weight excluding hydrogens is 248 g/mol. The molecule has 108 valence electrons. The Morgan fingerprint density at radius 1 is 1.37 bits per heavy atom. The first-order chi connectivity index (χ1) is 9.15. The van der Waals surface area contributed by atoms with Crippen LogP contribution in [0.5, 0.6) is 0 Å². The average molecular weight is 270 g/mol. The van der Waals surface area contributed by atoms with E-state index in [4.69, 9.17) is 9.84 Å². The fourth-order valence-corrected chi connectivity index (χ4v) is 2.73.